The number of nitrogens with zero attached hydrogens (tertiary/aromatic N) is 2. The first-order valence-electron chi connectivity index (χ1n) is 11.3. The van der Waals surface area contributed by atoms with E-state index in [2.05, 4.69) is 54.8 Å². The molecule has 0 aromatic rings. The molecule has 0 aromatic heterocycles. The van der Waals surface area contributed by atoms with Crippen molar-refractivity contribution in [1.82, 2.24) is 4.90 Å². The third kappa shape index (κ3) is 6.91. The van der Waals surface area contributed by atoms with Crippen molar-refractivity contribution in [2.75, 3.05) is 40.4 Å². The number of allylic oxidation sites excluding steroid dienone is 5. The van der Waals surface area contributed by atoms with Crippen LogP contribution in [-0.2, 0) is 19.9 Å². The van der Waals surface area contributed by atoms with E-state index in [0.717, 1.165) is 50.6 Å². The molecule has 0 aromatic carbocycles. The summed E-state index contributed by atoms with van der Waals surface area (Å²) in [4.78, 5) is 2.24. The molecule has 4 nitrogen and oxygen atoms in total. The predicted molar refractivity (Wildman–Crippen MR) is 123 cm³/mol. The average Bonchev–Trinajstić information content (AvgIpc) is 2.79. The summed E-state index contributed by atoms with van der Waals surface area (Å²) in [5, 5.41) is 11.4. The average molecular weight is 510 g/mol. The first kappa shape index (κ1) is 26.1. The summed E-state index contributed by atoms with van der Waals surface area (Å²) in [6, 6.07) is 0. The maximum absolute atomic E-state index is 11.4. The van der Waals surface area contributed by atoms with Crippen molar-refractivity contribution in [2.45, 2.75) is 57.4 Å². The maximum atomic E-state index is 11.4. The Labute approximate surface area is 198 Å². The zero-order valence-electron chi connectivity index (χ0n) is 18.9. The van der Waals surface area contributed by atoms with Gasteiger partial charge in [-0.15, -0.1) is 0 Å². The molecule has 0 spiro atoms. The SMILES string of the molecule is CCC(CC1CCCCC1)(C(O)=C1C=CC(=[N+]2CCOCC2)C=C1)N(C)C.[Cl][Zn][Cl]. The van der Waals surface area contributed by atoms with E-state index in [1.807, 2.05) is 0 Å². The molecule has 1 saturated carbocycles. The van der Waals surface area contributed by atoms with Crippen LogP contribution in [0, 0.1) is 5.92 Å². The standard InChI is InChI=1S/C23H36N2O2.2ClH.Zn/c1-4-23(24(2)3,18-19-8-6-5-7-9-19)22(26)20-10-12-21(13-11-20)25-14-16-27-17-15-25;;;/h10-13,19H,4-9,14-18H2,1-3H3;2*1H;/q;;;+2/p-1. The van der Waals surface area contributed by atoms with Crippen LogP contribution in [0.4, 0.5) is 0 Å². The van der Waals surface area contributed by atoms with Gasteiger partial charge in [0.1, 0.15) is 19.0 Å². The van der Waals surface area contributed by atoms with Gasteiger partial charge in [0, 0.05) is 17.7 Å². The van der Waals surface area contributed by atoms with E-state index >= 15 is 0 Å². The van der Waals surface area contributed by atoms with Crippen LogP contribution in [0.15, 0.2) is 35.6 Å². The van der Waals surface area contributed by atoms with Gasteiger partial charge in [0.25, 0.3) is 0 Å². The molecule has 0 amide bonds. The van der Waals surface area contributed by atoms with Crippen LogP contribution in [-0.4, -0.2) is 66.2 Å². The van der Waals surface area contributed by atoms with Crippen LogP contribution >= 0.6 is 19.4 Å². The van der Waals surface area contributed by atoms with Gasteiger partial charge >= 0.3 is 34.5 Å². The van der Waals surface area contributed by atoms with E-state index in [1.54, 1.807) is 0 Å². The van der Waals surface area contributed by atoms with E-state index in [4.69, 9.17) is 24.1 Å². The second kappa shape index (κ2) is 13.4. The zero-order chi connectivity index (χ0) is 22.0. The Bertz CT molecular complexity index is 644. The Morgan fingerprint density at radius 2 is 1.70 bits per heavy atom. The Kier molecular flexibility index (Phi) is 11.6. The molecule has 1 N–H and O–H groups in total. The van der Waals surface area contributed by atoms with E-state index in [9.17, 15) is 5.11 Å². The fourth-order valence-corrected chi connectivity index (χ4v) is 4.91. The Morgan fingerprint density at radius 1 is 1.13 bits per heavy atom. The molecule has 3 aliphatic rings. The third-order valence-corrected chi connectivity index (χ3v) is 6.75. The van der Waals surface area contributed by atoms with Crippen molar-refractivity contribution in [3.8, 4) is 0 Å². The summed E-state index contributed by atoms with van der Waals surface area (Å²) < 4.78 is 7.80. The third-order valence-electron chi connectivity index (χ3n) is 6.75. The second-order valence-corrected chi connectivity index (χ2v) is 13.2. The Hall–Kier alpha value is -0.187. The van der Waals surface area contributed by atoms with Crippen molar-refractivity contribution in [2.24, 2.45) is 5.92 Å². The first-order chi connectivity index (χ1) is 14.5. The van der Waals surface area contributed by atoms with Gasteiger partial charge < -0.3 is 9.84 Å². The minimum absolute atomic E-state index is 0.275. The predicted octanol–water partition coefficient (Wildman–Crippen LogP) is 5.47. The number of morpholine rings is 1. The molecule has 7 heteroatoms. The molecule has 0 radical (unpaired) electrons. The number of likely N-dealkylation sites (N-methyl/N-ethyl adjacent to an activating group) is 1. The van der Waals surface area contributed by atoms with Gasteiger partial charge in [-0.25, -0.2) is 4.58 Å². The van der Waals surface area contributed by atoms with Crippen molar-refractivity contribution in [3.63, 3.8) is 0 Å². The van der Waals surface area contributed by atoms with Crippen LogP contribution in [0.5, 0.6) is 0 Å². The Balaban J connectivity index is 0.00000101. The van der Waals surface area contributed by atoms with Crippen LogP contribution in [0.2, 0.25) is 0 Å². The van der Waals surface area contributed by atoms with Crippen molar-refractivity contribution >= 4 is 25.1 Å². The molecule has 1 atom stereocenters. The molecule has 1 unspecified atom stereocenters. The molecule has 1 heterocycles. The molecular weight excluding hydrogens is 473 g/mol. The van der Waals surface area contributed by atoms with Gasteiger partial charge in [0.15, 0.2) is 18.8 Å². The number of hydrogen-bond acceptors (Lipinski definition) is 3. The summed E-state index contributed by atoms with van der Waals surface area (Å²) in [6.07, 6.45) is 17.1. The summed E-state index contributed by atoms with van der Waals surface area (Å²) in [6.45, 7) is 5.67. The molecular formula is C23H37Cl2N2O2Zn+. The topological polar surface area (TPSA) is 35.7 Å². The zero-order valence-corrected chi connectivity index (χ0v) is 23.4. The van der Waals surface area contributed by atoms with Crippen molar-refractivity contribution in [3.05, 3.63) is 35.6 Å². The number of aliphatic hydroxyl groups excluding tert-OH is 1. The molecule has 0 bridgehead atoms. The first-order valence-corrected chi connectivity index (χ1v) is 19.1. The molecule has 2 aliphatic carbocycles. The van der Waals surface area contributed by atoms with Gasteiger partial charge in [0.2, 0.25) is 0 Å². The minimum atomic E-state index is -0.931. The number of ether oxygens (including phenoxy) is 1. The second-order valence-electron chi connectivity index (χ2n) is 8.58. The van der Waals surface area contributed by atoms with E-state index in [0.29, 0.717) is 5.76 Å². The molecule has 3 rings (SSSR count). The van der Waals surface area contributed by atoms with Gasteiger partial charge in [-0.3, -0.25) is 4.90 Å². The van der Waals surface area contributed by atoms with Gasteiger partial charge in [0.05, 0.1) is 5.54 Å². The normalized spacial score (nSPS) is 21.7. The number of hydrogen-bond donors (Lipinski definition) is 1. The molecule has 166 valence electrons. The fourth-order valence-electron chi connectivity index (χ4n) is 4.91. The van der Waals surface area contributed by atoms with Crippen LogP contribution in [0.25, 0.3) is 0 Å². The van der Waals surface area contributed by atoms with Crippen LogP contribution in [0.1, 0.15) is 51.9 Å². The number of aliphatic hydroxyl groups is 1. The summed E-state index contributed by atoms with van der Waals surface area (Å²) in [5.74, 6) is 1.25. The molecule has 30 heavy (non-hydrogen) atoms. The van der Waals surface area contributed by atoms with E-state index in [-0.39, 0.29) is 5.54 Å². The molecule has 1 saturated heterocycles. The number of halogens is 2. The monoisotopic (exact) mass is 507 g/mol. The quantitative estimate of drug-likeness (QED) is 0.303. The fraction of sp³-hybridized carbons (Fsp3) is 0.696. The van der Waals surface area contributed by atoms with Gasteiger partial charge in [-0.2, -0.15) is 0 Å². The summed E-state index contributed by atoms with van der Waals surface area (Å²) in [5.41, 5.74) is 1.90. The summed E-state index contributed by atoms with van der Waals surface area (Å²) >= 11 is -0.931. The molecule has 2 fully saturated rings. The van der Waals surface area contributed by atoms with Crippen LogP contribution in [0.3, 0.4) is 0 Å². The number of rotatable bonds is 5. The van der Waals surface area contributed by atoms with Crippen LogP contribution < -0.4 is 0 Å². The van der Waals surface area contributed by atoms with E-state index < -0.39 is 15.1 Å². The van der Waals surface area contributed by atoms with Gasteiger partial charge in [-0.05, 0) is 45.0 Å². The van der Waals surface area contributed by atoms with Crippen molar-refractivity contribution < 1.29 is 29.6 Å². The van der Waals surface area contributed by atoms with E-state index in [1.165, 1.54) is 37.8 Å². The summed E-state index contributed by atoms with van der Waals surface area (Å²) in [7, 11) is 14.1. The van der Waals surface area contributed by atoms with Gasteiger partial charge in [-0.1, -0.05) is 39.0 Å². The Morgan fingerprint density at radius 3 is 2.20 bits per heavy atom. The van der Waals surface area contributed by atoms with Crippen molar-refractivity contribution in [1.29, 1.82) is 0 Å². The molecule has 1 aliphatic heterocycles.